The van der Waals surface area contributed by atoms with Crippen LogP contribution in [-0.4, -0.2) is 18.5 Å². The van der Waals surface area contributed by atoms with Crippen LogP contribution in [0.2, 0.25) is 0 Å². The Kier molecular flexibility index (Phi) is 6.15. The number of ketones is 1. The van der Waals surface area contributed by atoms with E-state index in [-0.39, 0.29) is 18.5 Å². The standard InChI is InChI=1S/C17H22O4/c1-5-17(3,4)16(19)21-12-20-15-10-8-14(9-11-15)7-6-13(2)18/h6-11H,5,12H2,1-4H3/b7-6+. The summed E-state index contributed by atoms with van der Waals surface area (Å²) >= 11 is 0. The van der Waals surface area contributed by atoms with Gasteiger partial charge in [0.25, 0.3) is 0 Å². The van der Waals surface area contributed by atoms with E-state index >= 15 is 0 Å². The van der Waals surface area contributed by atoms with Gasteiger partial charge in [0.05, 0.1) is 5.41 Å². The largest absolute Gasteiger partial charge is 0.457 e. The van der Waals surface area contributed by atoms with Gasteiger partial charge < -0.3 is 9.47 Å². The molecule has 0 unspecified atom stereocenters. The van der Waals surface area contributed by atoms with Gasteiger partial charge >= 0.3 is 5.97 Å². The van der Waals surface area contributed by atoms with E-state index in [4.69, 9.17) is 9.47 Å². The van der Waals surface area contributed by atoms with Crippen LogP contribution in [0.25, 0.3) is 6.08 Å². The van der Waals surface area contributed by atoms with Gasteiger partial charge in [0.15, 0.2) is 5.78 Å². The molecule has 4 heteroatoms. The number of carbonyl (C=O) groups is 2. The van der Waals surface area contributed by atoms with Crippen LogP contribution in [0.3, 0.4) is 0 Å². The molecule has 1 aromatic carbocycles. The van der Waals surface area contributed by atoms with Gasteiger partial charge in [-0.2, -0.15) is 0 Å². The number of esters is 1. The van der Waals surface area contributed by atoms with Crippen molar-refractivity contribution >= 4 is 17.8 Å². The molecule has 0 spiro atoms. The molecule has 114 valence electrons. The quantitative estimate of drug-likeness (QED) is 0.437. The van der Waals surface area contributed by atoms with Crippen LogP contribution in [0.1, 0.15) is 39.7 Å². The molecule has 0 aliphatic heterocycles. The Morgan fingerprint density at radius 3 is 2.33 bits per heavy atom. The molecule has 0 N–H and O–H groups in total. The maximum absolute atomic E-state index is 11.7. The first kappa shape index (κ1) is 17.0. The molecular formula is C17H22O4. The molecule has 0 aliphatic rings. The van der Waals surface area contributed by atoms with Gasteiger partial charge in [-0.25, -0.2) is 0 Å². The molecular weight excluding hydrogens is 268 g/mol. The smallest absolute Gasteiger partial charge is 0.314 e. The molecule has 1 aromatic rings. The van der Waals surface area contributed by atoms with Crippen LogP contribution >= 0.6 is 0 Å². The van der Waals surface area contributed by atoms with Gasteiger partial charge in [-0.05, 0) is 51.0 Å². The fourth-order valence-corrected chi connectivity index (χ4v) is 1.38. The summed E-state index contributed by atoms with van der Waals surface area (Å²) in [5, 5.41) is 0. The Hall–Kier alpha value is -2.10. The first-order chi connectivity index (χ1) is 9.85. The van der Waals surface area contributed by atoms with Gasteiger partial charge in [-0.1, -0.05) is 25.1 Å². The van der Waals surface area contributed by atoms with Crippen LogP contribution in [0.5, 0.6) is 5.75 Å². The predicted molar refractivity (Wildman–Crippen MR) is 81.8 cm³/mol. The third-order valence-electron chi connectivity index (χ3n) is 3.24. The maximum Gasteiger partial charge on any atom is 0.314 e. The van der Waals surface area contributed by atoms with E-state index in [1.165, 1.54) is 13.0 Å². The highest BCUT2D eigenvalue weighted by Gasteiger charge is 2.27. The molecule has 0 saturated heterocycles. The van der Waals surface area contributed by atoms with E-state index in [1.807, 2.05) is 32.9 Å². The lowest BCUT2D eigenvalue weighted by atomic mass is 9.91. The van der Waals surface area contributed by atoms with Gasteiger partial charge in [0, 0.05) is 0 Å². The number of allylic oxidation sites excluding steroid dienone is 1. The number of ether oxygens (including phenoxy) is 2. The highest BCUT2D eigenvalue weighted by atomic mass is 16.7. The van der Waals surface area contributed by atoms with Crippen molar-refractivity contribution in [3.05, 3.63) is 35.9 Å². The summed E-state index contributed by atoms with van der Waals surface area (Å²) in [6.45, 7) is 7.01. The zero-order chi connectivity index (χ0) is 15.9. The summed E-state index contributed by atoms with van der Waals surface area (Å²) in [6.07, 6.45) is 3.95. The van der Waals surface area contributed by atoms with Gasteiger partial charge in [-0.3, -0.25) is 9.59 Å². The number of rotatable bonds is 7. The second-order valence-corrected chi connectivity index (χ2v) is 5.44. The molecule has 21 heavy (non-hydrogen) atoms. The molecule has 0 aromatic heterocycles. The number of hydrogen-bond donors (Lipinski definition) is 0. The highest BCUT2D eigenvalue weighted by molar-refractivity contribution is 5.91. The van der Waals surface area contributed by atoms with E-state index < -0.39 is 5.41 Å². The van der Waals surface area contributed by atoms with Crippen molar-refractivity contribution in [1.82, 2.24) is 0 Å². The summed E-state index contributed by atoms with van der Waals surface area (Å²) in [5.74, 6) is 0.337. The highest BCUT2D eigenvalue weighted by Crippen LogP contribution is 2.21. The second-order valence-electron chi connectivity index (χ2n) is 5.44. The lowest BCUT2D eigenvalue weighted by Crippen LogP contribution is -2.27. The fraction of sp³-hybridized carbons (Fsp3) is 0.412. The first-order valence-corrected chi connectivity index (χ1v) is 6.94. The Morgan fingerprint density at radius 1 is 1.19 bits per heavy atom. The number of benzene rings is 1. The van der Waals surface area contributed by atoms with Crippen LogP contribution in [0.4, 0.5) is 0 Å². The average molecular weight is 290 g/mol. The van der Waals surface area contributed by atoms with Crippen molar-refractivity contribution in [3.8, 4) is 5.75 Å². The minimum Gasteiger partial charge on any atom is -0.457 e. The molecule has 0 bridgehead atoms. The molecule has 0 atom stereocenters. The lowest BCUT2D eigenvalue weighted by molar-refractivity contribution is -0.160. The molecule has 0 amide bonds. The summed E-state index contributed by atoms with van der Waals surface area (Å²) in [7, 11) is 0. The van der Waals surface area contributed by atoms with Crippen molar-refractivity contribution in [1.29, 1.82) is 0 Å². The van der Waals surface area contributed by atoms with E-state index in [2.05, 4.69) is 0 Å². The van der Waals surface area contributed by atoms with Crippen molar-refractivity contribution in [3.63, 3.8) is 0 Å². The summed E-state index contributed by atoms with van der Waals surface area (Å²) in [5.41, 5.74) is 0.409. The van der Waals surface area contributed by atoms with Crippen LogP contribution in [0.15, 0.2) is 30.3 Å². The molecule has 1 rings (SSSR count). The SMILES string of the molecule is CCC(C)(C)C(=O)OCOc1ccc(/C=C/C(C)=O)cc1. The third kappa shape index (κ3) is 5.81. The monoisotopic (exact) mass is 290 g/mol. The molecule has 0 radical (unpaired) electrons. The van der Waals surface area contributed by atoms with Gasteiger partial charge in [0.2, 0.25) is 6.79 Å². The van der Waals surface area contributed by atoms with Gasteiger partial charge in [-0.15, -0.1) is 0 Å². The van der Waals surface area contributed by atoms with E-state index in [0.29, 0.717) is 12.2 Å². The zero-order valence-electron chi connectivity index (χ0n) is 13.0. The lowest BCUT2D eigenvalue weighted by Gasteiger charge is -2.20. The Bertz CT molecular complexity index is 512. The first-order valence-electron chi connectivity index (χ1n) is 6.94. The maximum atomic E-state index is 11.7. The molecule has 0 fully saturated rings. The van der Waals surface area contributed by atoms with Crippen LogP contribution in [-0.2, 0) is 14.3 Å². The minimum absolute atomic E-state index is 0.000720. The van der Waals surface area contributed by atoms with E-state index in [9.17, 15) is 9.59 Å². The zero-order valence-corrected chi connectivity index (χ0v) is 13.0. The second kappa shape index (κ2) is 7.62. The van der Waals surface area contributed by atoms with E-state index in [1.54, 1.807) is 18.2 Å². The van der Waals surface area contributed by atoms with Crippen LogP contribution < -0.4 is 4.74 Å². The van der Waals surface area contributed by atoms with Gasteiger partial charge in [0.1, 0.15) is 5.75 Å². The third-order valence-corrected chi connectivity index (χ3v) is 3.24. The average Bonchev–Trinajstić information content (AvgIpc) is 2.46. The Morgan fingerprint density at radius 2 is 1.81 bits per heavy atom. The summed E-state index contributed by atoms with van der Waals surface area (Å²) in [6, 6.07) is 7.18. The molecule has 0 saturated carbocycles. The van der Waals surface area contributed by atoms with E-state index in [0.717, 1.165) is 5.56 Å². The normalized spacial score (nSPS) is 11.4. The Balaban J connectivity index is 2.47. The topological polar surface area (TPSA) is 52.6 Å². The van der Waals surface area contributed by atoms with Crippen molar-refractivity contribution in [2.75, 3.05) is 6.79 Å². The van der Waals surface area contributed by atoms with Crippen molar-refractivity contribution in [2.24, 2.45) is 5.41 Å². The molecule has 0 heterocycles. The number of hydrogen-bond acceptors (Lipinski definition) is 4. The minimum atomic E-state index is -0.495. The summed E-state index contributed by atoms with van der Waals surface area (Å²) < 4.78 is 10.5. The van der Waals surface area contributed by atoms with Crippen molar-refractivity contribution < 1.29 is 19.1 Å². The van der Waals surface area contributed by atoms with Crippen LogP contribution in [0, 0.1) is 5.41 Å². The summed E-state index contributed by atoms with van der Waals surface area (Å²) in [4.78, 5) is 22.6. The predicted octanol–water partition coefficient (Wildman–Crippen LogP) is 3.60. The number of carbonyl (C=O) groups excluding carboxylic acids is 2. The fourth-order valence-electron chi connectivity index (χ4n) is 1.38. The molecule has 4 nitrogen and oxygen atoms in total. The van der Waals surface area contributed by atoms with Crippen molar-refractivity contribution in [2.45, 2.75) is 34.1 Å². The Labute approximate surface area is 125 Å². The molecule has 0 aliphatic carbocycles.